The lowest BCUT2D eigenvalue weighted by molar-refractivity contribution is -0.131. The van der Waals surface area contributed by atoms with Crippen molar-refractivity contribution in [3.8, 4) is 6.26 Å². The number of nitriles is 1. The molecule has 0 aromatic rings. The summed E-state index contributed by atoms with van der Waals surface area (Å²) in [6.07, 6.45) is 3.17. The van der Waals surface area contributed by atoms with Gasteiger partial charge in [-0.3, -0.25) is 4.79 Å². The van der Waals surface area contributed by atoms with E-state index in [0.29, 0.717) is 0 Å². The second-order valence-electron chi connectivity index (χ2n) is 1.32. The van der Waals surface area contributed by atoms with Crippen LogP contribution < -0.4 is 5.73 Å². The first-order valence-corrected chi connectivity index (χ1v) is 2.72. The molecule has 0 saturated heterocycles. The van der Waals surface area contributed by atoms with Crippen LogP contribution in [0.15, 0.2) is 25.3 Å². The SMILES string of the molecule is C=CC(=O)OC#N.C=CC(N)=O. The average Bonchev–Trinajstić information content (AvgIpc) is 2.06. The molecule has 0 saturated carbocycles. The van der Waals surface area contributed by atoms with Crippen molar-refractivity contribution in [1.82, 2.24) is 0 Å². The van der Waals surface area contributed by atoms with Crippen LogP contribution in [0.1, 0.15) is 0 Å². The van der Waals surface area contributed by atoms with E-state index in [1.54, 1.807) is 0 Å². The number of hydrogen-bond acceptors (Lipinski definition) is 4. The monoisotopic (exact) mass is 168 g/mol. The van der Waals surface area contributed by atoms with Crippen LogP contribution in [0.3, 0.4) is 0 Å². The van der Waals surface area contributed by atoms with Gasteiger partial charge >= 0.3 is 5.97 Å². The zero-order valence-corrected chi connectivity index (χ0v) is 6.32. The van der Waals surface area contributed by atoms with Gasteiger partial charge in [-0.2, -0.15) is 0 Å². The predicted molar refractivity (Wildman–Crippen MR) is 41.3 cm³/mol. The Kier molecular flexibility index (Phi) is 9.34. The summed E-state index contributed by atoms with van der Waals surface area (Å²) in [5, 5.41) is 7.63. The topological polar surface area (TPSA) is 93.2 Å². The molecule has 0 aromatic heterocycles. The molecule has 0 aliphatic carbocycles. The van der Waals surface area contributed by atoms with E-state index in [1.807, 2.05) is 0 Å². The molecule has 12 heavy (non-hydrogen) atoms. The molecule has 0 bridgehead atoms. The molecule has 1 amide bonds. The third-order valence-corrected chi connectivity index (χ3v) is 0.514. The smallest absolute Gasteiger partial charge is 0.345 e. The molecule has 0 atom stereocenters. The number of carbonyl (C=O) groups is 2. The number of hydrogen-bond donors (Lipinski definition) is 1. The van der Waals surface area contributed by atoms with Crippen LogP contribution in [0.25, 0.3) is 0 Å². The van der Waals surface area contributed by atoms with E-state index in [4.69, 9.17) is 5.26 Å². The highest BCUT2D eigenvalue weighted by atomic mass is 16.5. The molecular weight excluding hydrogens is 160 g/mol. The number of primary amides is 1. The number of amides is 1. The third kappa shape index (κ3) is 15.7. The van der Waals surface area contributed by atoms with Crippen LogP contribution in [0, 0.1) is 11.5 Å². The molecule has 5 heteroatoms. The van der Waals surface area contributed by atoms with E-state index < -0.39 is 11.9 Å². The number of nitrogens with zero attached hydrogens (tertiary/aromatic N) is 1. The Hall–Kier alpha value is -2.09. The summed E-state index contributed by atoms with van der Waals surface area (Å²) in [6.45, 7) is 6.14. The second-order valence-corrected chi connectivity index (χ2v) is 1.32. The van der Waals surface area contributed by atoms with Gasteiger partial charge in [-0.15, -0.1) is 5.26 Å². The quantitative estimate of drug-likeness (QED) is 0.352. The van der Waals surface area contributed by atoms with Crippen LogP contribution in [-0.2, 0) is 14.3 Å². The molecule has 0 spiro atoms. The minimum absolute atomic E-state index is 0.481. The Bertz CT molecular complexity index is 227. The van der Waals surface area contributed by atoms with Gasteiger partial charge < -0.3 is 10.5 Å². The lowest BCUT2D eigenvalue weighted by Crippen LogP contribution is -2.04. The van der Waals surface area contributed by atoms with Crippen molar-refractivity contribution in [3.05, 3.63) is 25.3 Å². The van der Waals surface area contributed by atoms with Gasteiger partial charge in [0.2, 0.25) is 5.91 Å². The summed E-state index contributed by atoms with van der Waals surface area (Å²) >= 11 is 0. The summed E-state index contributed by atoms with van der Waals surface area (Å²) < 4.78 is 3.74. The fraction of sp³-hybridized carbons (Fsp3) is 0. The molecule has 64 valence electrons. The molecule has 0 unspecified atom stereocenters. The zero-order valence-electron chi connectivity index (χ0n) is 6.32. The maximum Gasteiger partial charge on any atom is 0.345 e. The fourth-order valence-corrected chi connectivity index (χ4v) is 0.0867. The first-order valence-electron chi connectivity index (χ1n) is 2.72. The number of rotatable bonds is 2. The van der Waals surface area contributed by atoms with E-state index in [2.05, 4.69) is 23.6 Å². The summed E-state index contributed by atoms with van der Waals surface area (Å²) in [5.41, 5.74) is 4.53. The average molecular weight is 168 g/mol. The lowest BCUT2D eigenvalue weighted by atomic mass is 10.6. The predicted octanol–water partition coefficient (Wildman–Crippen LogP) is -0.146. The number of nitrogens with two attached hydrogens (primary N) is 1. The number of carbonyl (C=O) groups excluding carboxylic acids is 2. The van der Waals surface area contributed by atoms with E-state index in [1.165, 1.54) is 6.26 Å². The van der Waals surface area contributed by atoms with Crippen molar-refractivity contribution in [3.63, 3.8) is 0 Å². The van der Waals surface area contributed by atoms with Crippen LogP contribution in [0.5, 0.6) is 0 Å². The minimum atomic E-state index is -0.720. The zero-order chi connectivity index (χ0) is 9.98. The van der Waals surface area contributed by atoms with E-state index in [0.717, 1.165) is 12.2 Å². The third-order valence-electron chi connectivity index (χ3n) is 0.514. The van der Waals surface area contributed by atoms with Gasteiger partial charge in [-0.05, 0) is 6.08 Å². The molecule has 0 rings (SSSR count). The van der Waals surface area contributed by atoms with Gasteiger partial charge in [-0.25, -0.2) is 4.79 Å². The molecular formula is C7H8N2O3. The first-order chi connectivity index (χ1) is 5.58. The van der Waals surface area contributed by atoms with Crippen LogP contribution in [0.4, 0.5) is 0 Å². The lowest BCUT2D eigenvalue weighted by Gasteiger charge is -1.77. The van der Waals surface area contributed by atoms with E-state index in [9.17, 15) is 9.59 Å². The number of ether oxygens (including phenoxy) is 1. The molecule has 0 heterocycles. The van der Waals surface area contributed by atoms with Crippen LogP contribution in [-0.4, -0.2) is 11.9 Å². The highest BCUT2D eigenvalue weighted by Crippen LogP contribution is 1.71. The van der Waals surface area contributed by atoms with Gasteiger partial charge in [0.25, 0.3) is 6.26 Å². The molecule has 0 aromatic carbocycles. The Morgan fingerprint density at radius 2 is 1.83 bits per heavy atom. The standard InChI is InChI=1S/C4H3NO2.C3H5NO/c1-2-4(6)7-3-5;1-2-3(4)5/h2H,1H2;2H,1H2,(H2,4,5). The largest absolute Gasteiger partial charge is 0.366 e. The van der Waals surface area contributed by atoms with Gasteiger partial charge in [0, 0.05) is 6.08 Å². The van der Waals surface area contributed by atoms with Gasteiger partial charge in [0.05, 0.1) is 0 Å². The van der Waals surface area contributed by atoms with Crippen molar-refractivity contribution < 1.29 is 14.3 Å². The maximum atomic E-state index is 9.85. The molecule has 2 N–H and O–H groups in total. The normalized spacial score (nSPS) is 6.25. The highest BCUT2D eigenvalue weighted by molar-refractivity contribution is 5.85. The Morgan fingerprint density at radius 3 is 1.92 bits per heavy atom. The summed E-state index contributed by atoms with van der Waals surface area (Å²) in [4.78, 5) is 19.3. The van der Waals surface area contributed by atoms with Crippen molar-refractivity contribution >= 4 is 11.9 Å². The molecule has 5 nitrogen and oxygen atoms in total. The van der Waals surface area contributed by atoms with E-state index in [-0.39, 0.29) is 0 Å². The Balaban J connectivity index is 0. The Labute approximate surface area is 69.7 Å². The summed E-state index contributed by atoms with van der Waals surface area (Å²) in [7, 11) is 0. The van der Waals surface area contributed by atoms with Gasteiger partial charge in [0.1, 0.15) is 0 Å². The Morgan fingerprint density at radius 1 is 1.42 bits per heavy atom. The van der Waals surface area contributed by atoms with Crippen molar-refractivity contribution in [2.75, 3.05) is 0 Å². The van der Waals surface area contributed by atoms with Crippen molar-refractivity contribution in [2.45, 2.75) is 0 Å². The molecule has 0 aliphatic heterocycles. The first kappa shape index (κ1) is 12.6. The molecule has 0 fully saturated rings. The summed E-state index contributed by atoms with van der Waals surface area (Å²) in [6, 6.07) is 0. The molecule has 0 radical (unpaired) electrons. The minimum Gasteiger partial charge on any atom is -0.366 e. The second kappa shape index (κ2) is 8.91. The number of esters is 1. The maximum absolute atomic E-state index is 9.85. The molecule has 0 aliphatic rings. The van der Waals surface area contributed by atoms with Gasteiger partial charge in [0.15, 0.2) is 0 Å². The highest BCUT2D eigenvalue weighted by Gasteiger charge is 1.87. The van der Waals surface area contributed by atoms with Crippen molar-refractivity contribution in [2.24, 2.45) is 5.73 Å². The van der Waals surface area contributed by atoms with Crippen LogP contribution in [0.2, 0.25) is 0 Å². The van der Waals surface area contributed by atoms with E-state index >= 15 is 0 Å². The van der Waals surface area contributed by atoms with Crippen molar-refractivity contribution in [1.29, 1.82) is 5.26 Å². The van der Waals surface area contributed by atoms with Crippen LogP contribution >= 0.6 is 0 Å². The summed E-state index contributed by atoms with van der Waals surface area (Å²) in [5.74, 6) is -1.20. The van der Waals surface area contributed by atoms with Gasteiger partial charge in [-0.1, -0.05) is 13.2 Å². The fourth-order valence-electron chi connectivity index (χ4n) is 0.0867.